The number of hydrogen-bond donors (Lipinski definition) is 1. The highest BCUT2D eigenvalue weighted by Crippen LogP contribution is 2.20. The molecule has 0 unspecified atom stereocenters. The summed E-state index contributed by atoms with van der Waals surface area (Å²) in [7, 11) is 1.95. The molecular weight excluding hydrogens is 212 g/mol. The third kappa shape index (κ3) is 2.28. The minimum Gasteiger partial charge on any atom is -0.377 e. The van der Waals surface area contributed by atoms with Gasteiger partial charge in [-0.25, -0.2) is 4.98 Å². The van der Waals surface area contributed by atoms with E-state index >= 15 is 0 Å². The van der Waals surface area contributed by atoms with Crippen LogP contribution in [0.25, 0.3) is 0 Å². The number of anilines is 1. The zero-order valence-corrected chi connectivity index (χ0v) is 9.94. The summed E-state index contributed by atoms with van der Waals surface area (Å²) in [5, 5.41) is 12.3. The van der Waals surface area contributed by atoms with Crippen LogP contribution in [0.5, 0.6) is 0 Å². The van der Waals surface area contributed by atoms with Gasteiger partial charge in [-0.15, -0.1) is 0 Å². The Morgan fingerprint density at radius 3 is 2.94 bits per heavy atom. The van der Waals surface area contributed by atoms with Crippen LogP contribution in [-0.4, -0.2) is 9.55 Å². The third-order valence-electron chi connectivity index (χ3n) is 2.74. The van der Waals surface area contributed by atoms with Crippen LogP contribution in [0.4, 0.5) is 5.69 Å². The molecule has 1 aromatic heterocycles. The smallest absolute Gasteiger partial charge is 0.127 e. The van der Waals surface area contributed by atoms with Gasteiger partial charge in [-0.3, -0.25) is 0 Å². The molecule has 0 bridgehead atoms. The van der Waals surface area contributed by atoms with Crippen LogP contribution in [0.15, 0.2) is 30.6 Å². The normalized spacial score (nSPS) is 9.94. The van der Waals surface area contributed by atoms with Gasteiger partial charge in [-0.1, -0.05) is 12.1 Å². The molecule has 2 rings (SSSR count). The summed E-state index contributed by atoms with van der Waals surface area (Å²) in [6.07, 6.45) is 3.67. The lowest BCUT2D eigenvalue weighted by molar-refractivity contribution is 0.812. The molecule has 86 valence electrons. The fraction of sp³-hybridized carbons (Fsp3) is 0.231. The Morgan fingerprint density at radius 1 is 1.47 bits per heavy atom. The van der Waals surface area contributed by atoms with Gasteiger partial charge in [-0.05, 0) is 18.6 Å². The maximum absolute atomic E-state index is 9.04. The molecule has 0 saturated heterocycles. The molecule has 0 spiro atoms. The second kappa shape index (κ2) is 4.71. The standard InChI is InChI=1S/C13H14N4/c1-10-4-3-5-11(8-14)13(10)16-9-12-15-6-7-17(12)2/h3-7,16H,9H2,1-2H3. The lowest BCUT2D eigenvalue weighted by Crippen LogP contribution is -2.07. The summed E-state index contributed by atoms with van der Waals surface area (Å²) in [6, 6.07) is 7.88. The average Bonchev–Trinajstić information content (AvgIpc) is 2.73. The van der Waals surface area contributed by atoms with Crippen LogP contribution >= 0.6 is 0 Å². The average molecular weight is 226 g/mol. The number of hydrogen-bond acceptors (Lipinski definition) is 3. The van der Waals surface area contributed by atoms with E-state index in [9.17, 15) is 0 Å². The zero-order chi connectivity index (χ0) is 12.3. The highest BCUT2D eigenvalue weighted by Gasteiger charge is 2.05. The number of nitrogens with one attached hydrogen (secondary N) is 1. The van der Waals surface area contributed by atoms with Gasteiger partial charge in [0.15, 0.2) is 0 Å². The number of aromatic nitrogens is 2. The van der Waals surface area contributed by atoms with Gasteiger partial charge in [0, 0.05) is 19.4 Å². The Hall–Kier alpha value is -2.28. The Balaban J connectivity index is 2.20. The molecule has 1 N–H and O–H groups in total. The van der Waals surface area contributed by atoms with Crippen molar-refractivity contribution < 1.29 is 0 Å². The van der Waals surface area contributed by atoms with E-state index < -0.39 is 0 Å². The first-order chi connectivity index (χ1) is 8.22. The van der Waals surface area contributed by atoms with Crippen molar-refractivity contribution in [1.29, 1.82) is 5.26 Å². The van der Waals surface area contributed by atoms with Gasteiger partial charge in [0.05, 0.1) is 17.8 Å². The lowest BCUT2D eigenvalue weighted by Gasteiger charge is -2.10. The Labute approximate surface area is 101 Å². The van der Waals surface area contributed by atoms with Crippen molar-refractivity contribution in [2.75, 3.05) is 5.32 Å². The highest BCUT2D eigenvalue weighted by molar-refractivity contribution is 5.62. The van der Waals surface area contributed by atoms with E-state index in [1.807, 2.05) is 42.9 Å². The molecule has 2 aromatic rings. The Bertz CT molecular complexity index is 563. The SMILES string of the molecule is Cc1cccc(C#N)c1NCc1nccn1C. The molecule has 0 aliphatic carbocycles. The zero-order valence-electron chi connectivity index (χ0n) is 9.94. The first kappa shape index (κ1) is 11.2. The molecule has 0 fully saturated rings. The summed E-state index contributed by atoms with van der Waals surface area (Å²) in [4.78, 5) is 4.23. The predicted molar refractivity (Wildman–Crippen MR) is 66.4 cm³/mol. The molecule has 1 heterocycles. The maximum Gasteiger partial charge on any atom is 0.127 e. The molecule has 0 amide bonds. The molecule has 0 saturated carbocycles. The summed E-state index contributed by atoms with van der Waals surface area (Å²) in [5.74, 6) is 0.942. The van der Waals surface area contributed by atoms with Gasteiger partial charge < -0.3 is 9.88 Å². The van der Waals surface area contributed by atoms with Crippen LogP contribution in [0.3, 0.4) is 0 Å². The minimum atomic E-state index is 0.614. The molecule has 4 heteroatoms. The summed E-state index contributed by atoms with van der Waals surface area (Å²) >= 11 is 0. The third-order valence-corrected chi connectivity index (χ3v) is 2.74. The molecule has 0 aliphatic rings. The highest BCUT2D eigenvalue weighted by atomic mass is 15.1. The second-order valence-electron chi connectivity index (χ2n) is 3.92. The van der Waals surface area contributed by atoms with Crippen molar-refractivity contribution >= 4 is 5.69 Å². The topological polar surface area (TPSA) is 53.6 Å². The predicted octanol–water partition coefficient (Wildman–Crippen LogP) is 2.21. The van der Waals surface area contributed by atoms with Gasteiger partial charge >= 0.3 is 0 Å². The molecule has 1 aromatic carbocycles. The molecule has 0 radical (unpaired) electrons. The number of benzene rings is 1. The second-order valence-corrected chi connectivity index (χ2v) is 3.92. The number of nitrogens with zero attached hydrogens (tertiary/aromatic N) is 3. The summed E-state index contributed by atoms with van der Waals surface area (Å²) in [6.45, 7) is 2.60. The van der Waals surface area contributed by atoms with Crippen LogP contribution in [0, 0.1) is 18.3 Å². The van der Waals surface area contributed by atoms with Crippen LogP contribution in [0.2, 0.25) is 0 Å². The van der Waals surface area contributed by atoms with E-state index in [1.165, 1.54) is 0 Å². The lowest BCUT2D eigenvalue weighted by atomic mass is 10.1. The fourth-order valence-corrected chi connectivity index (χ4v) is 1.73. The van der Waals surface area contributed by atoms with Crippen molar-refractivity contribution in [3.8, 4) is 6.07 Å². The van der Waals surface area contributed by atoms with Crippen molar-refractivity contribution in [2.24, 2.45) is 7.05 Å². The van der Waals surface area contributed by atoms with Crippen molar-refractivity contribution in [3.05, 3.63) is 47.5 Å². The molecular formula is C13H14N4. The first-order valence-electron chi connectivity index (χ1n) is 5.42. The number of nitriles is 1. The maximum atomic E-state index is 9.04. The molecule has 4 nitrogen and oxygen atoms in total. The van der Waals surface area contributed by atoms with Crippen LogP contribution in [0.1, 0.15) is 17.0 Å². The van der Waals surface area contributed by atoms with Gasteiger partial charge in [0.2, 0.25) is 0 Å². The van der Waals surface area contributed by atoms with E-state index in [1.54, 1.807) is 6.20 Å². The van der Waals surface area contributed by atoms with Crippen molar-refractivity contribution in [2.45, 2.75) is 13.5 Å². The Morgan fingerprint density at radius 2 is 2.29 bits per heavy atom. The van der Waals surface area contributed by atoms with E-state index in [0.29, 0.717) is 12.1 Å². The largest absolute Gasteiger partial charge is 0.377 e. The Kier molecular flexibility index (Phi) is 3.10. The number of rotatable bonds is 3. The minimum absolute atomic E-state index is 0.614. The number of para-hydroxylation sites is 1. The van der Waals surface area contributed by atoms with Crippen LogP contribution < -0.4 is 5.32 Å². The van der Waals surface area contributed by atoms with E-state index in [-0.39, 0.29) is 0 Å². The van der Waals surface area contributed by atoms with E-state index in [2.05, 4.69) is 16.4 Å². The van der Waals surface area contributed by atoms with Crippen molar-refractivity contribution in [3.63, 3.8) is 0 Å². The fourth-order valence-electron chi connectivity index (χ4n) is 1.73. The van der Waals surface area contributed by atoms with E-state index in [4.69, 9.17) is 5.26 Å². The van der Waals surface area contributed by atoms with Crippen molar-refractivity contribution in [1.82, 2.24) is 9.55 Å². The number of aryl methyl sites for hydroxylation is 2. The van der Waals surface area contributed by atoms with Gasteiger partial charge in [0.25, 0.3) is 0 Å². The quantitative estimate of drug-likeness (QED) is 0.873. The monoisotopic (exact) mass is 226 g/mol. The first-order valence-corrected chi connectivity index (χ1v) is 5.42. The van der Waals surface area contributed by atoms with Crippen LogP contribution in [-0.2, 0) is 13.6 Å². The van der Waals surface area contributed by atoms with E-state index in [0.717, 1.165) is 17.1 Å². The summed E-state index contributed by atoms with van der Waals surface area (Å²) < 4.78 is 1.96. The molecule has 0 aliphatic heterocycles. The molecule has 17 heavy (non-hydrogen) atoms. The van der Waals surface area contributed by atoms with Gasteiger partial charge in [0.1, 0.15) is 11.9 Å². The molecule has 0 atom stereocenters. The number of imidazole rings is 1. The van der Waals surface area contributed by atoms with Gasteiger partial charge in [-0.2, -0.15) is 5.26 Å². The summed E-state index contributed by atoms with van der Waals surface area (Å²) in [5.41, 5.74) is 2.62.